The van der Waals surface area contributed by atoms with Gasteiger partial charge in [0.2, 0.25) is 0 Å². The normalized spacial score (nSPS) is 18.2. The molecule has 0 spiro atoms. The number of unbranched alkanes of at least 4 members (excludes halogenated alkanes) is 4. The maximum atomic E-state index is 13.4. The van der Waals surface area contributed by atoms with Gasteiger partial charge >= 0.3 is 35.8 Å². The lowest BCUT2D eigenvalue weighted by atomic mass is 9.95. The maximum Gasteiger partial charge on any atom is 0.323 e. The molecule has 282 valence electrons. The van der Waals surface area contributed by atoms with Crippen molar-refractivity contribution >= 4 is 35.8 Å². The van der Waals surface area contributed by atoms with Crippen LogP contribution in [-0.4, -0.2) is 144 Å². The van der Waals surface area contributed by atoms with Crippen LogP contribution >= 0.6 is 0 Å². The molecule has 0 bridgehead atoms. The third-order valence-electron chi connectivity index (χ3n) is 8.33. The van der Waals surface area contributed by atoms with E-state index in [1.165, 1.54) is 0 Å². The zero-order valence-corrected chi connectivity index (χ0v) is 30.1. The molecule has 1 fully saturated rings. The van der Waals surface area contributed by atoms with Crippen LogP contribution in [0.3, 0.4) is 0 Å². The predicted molar refractivity (Wildman–Crippen MR) is 179 cm³/mol. The second kappa shape index (κ2) is 24.0. The molecule has 15 nitrogen and oxygen atoms in total. The molecule has 2 atom stereocenters. The smallest absolute Gasteiger partial charge is 0.323 e. The van der Waals surface area contributed by atoms with E-state index in [-0.39, 0.29) is 65.7 Å². The van der Waals surface area contributed by atoms with E-state index in [2.05, 4.69) is 0 Å². The van der Waals surface area contributed by atoms with Crippen LogP contribution in [-0.2, 0) is 47.7 Å². The zero-order chi connectivity index (χ0) is 36.8. The number of carboxylic acids is 2. The van der Waals surface area contributed by atoms with Crippen LogP contribution in [0.4, 0.5) is 0 Å². The fourth-order valence-electron chi connectivity index (χ4n) is 5.45. The fourth-order valence-corrected chi connectivity index (χ4v) is 5.45. The quantitative estimate of drug-likeness (QED) is 0.0802. The molecule has 15 heteroatoms. The standard InChI is InChI=1S/C34H59N3O12/c1-6-10-16-46-30(42)22-37(23-31(43)47-17-11-7-2)34(5)24-35(26(20-28(38)39)32(44)48-18-12-8-3)14-15-36(25-34)27(21-29(40)41)33(45)49-19-13-9-4/h26-27H,6-25H2,1-5H3,(H,38,39)(H,40,41). The third kappa shape index (κ3) is 16.8. The van der Waals surface area contributed by atoms with Crippen LogP contribution in [0.1, 0.15) is 98.8 Å². The first-order valence-corrected chi connectivity index (χ1v) is 17.6. The lowest BCUT2D eigenvalue weighted by Crippen LogP contribution is -2.62. The molecule has 2 N–H and O–H groups in total. The first kappa shape index (κ1) is 43.7. The molecule has 0 aromatic heterocycles. The molecular weight excluding hydrogens is 642 g/mol. The number of ether oxygens (including phenoxy) is 4. The first-order chi connectivity index (χ1) is 23.3. The summed E-state index contributed by atoms with van der Waals surface area (Å²) >= 11 is 0. The number of hydrogen-bond donors (Lipinski definition) is 2. The van der Waals surface area contributed by atoms with Gasteiger partial charge in [-0.2, -0.15) is 0 Å². The highest BCUT2D eigenvalue weighted by Gasteiger charge is 2.46. The van der Waals surface area contributed by atoms with Gasteiger partial charge < -0.3 is 29.2 Å². The summed E-state index contributed by atoms with van der Waals surface area (Å²) in [5.41, 5.74) is -1.25. The first-order valence-electron chi connectivity index (χ1n) is 17.6. The predicted octanol–water partition coefficient (Wildman–Crippen LogP) is 2.72. The van der Waals surface area contributed by atoms with Gasteiger partial charge in [0.15, 0.2) is 0 Å². The highest BCUT2D eigenvalue weighted by Crippen LogP contribution is 2.27. The van der Waals surface area contributed by atoms with E-state index in [1.807, 2.05) is 27.7 Å². The Kier molecular flexibility index (Phi) is 21.4. The minimum absolute atomic E-state index is 0.0422. The van der Waals surface area contributed by atoms with Crippen LogP contribution in [0, 0.1) is 0 Å². The number of esters is 4. The Bertz CT molecular complexity index is 979. The molecule has 2 unspecified atom stereocenters. The summed E-state index contributed by atoms with van der Waals surface area (Å²) in [5, 5.41) is 19.6. The SMILES string of the molecule is CCCCOC(=O)CN(CC(=O)OCCCC)C1(C)CN(C(CC(=O)O)C(=O)OCCCC)CCN(C(CC(=O)O)C(=O)OCCCC)C1. The number of nitrogens with zero attached hydrogens (tertiary/aromatic N) is 3. The van der Waals surface area contributed by atoms with Crippen LogP contribution in [0.5, 0.6) is 0 Å². The molecule has 49 heavy (non-hydrogen) atoms. The molecule has 0 aliphatic carbocycles. The second-order valence-electron chi connectivity index (χ2n) is 12.7. The summed E-state index contributed by atoms with van der Waals surface area (Å²) in [4.78, 5) is 81.8. The van der Waals surface area contributed by atoms with Crippen molar-refractivity contribution in [2.75, 3.05) is 65.7 Å². The van der Waals surface area contributed by atoms with Gasteiger partial charge in [0.25, 0.3) is 0 Å². The largest absolute Gasteiger partial charge is 0.481 e. The fraction of sp³-hybridized carbons (Fsp3) is 0.824. The van der Waals surface area contributed by atoms with E-state index >= 15 is 0 Å². The number of aliphatic carboxylic acids is 2. The lowest BCUT2D eigenvalue weighted by Gasteiger charge is -2.44. The highest BCUT2D eigenvalue weighted by molar-refractivity contribution is 5.83. The molecule has 0 amide bonds. The molecule has 0 radical (unpaired) electrons. The highest BCUT2D eigenvalue weighted by atomic mass is 16.5. The summed E-state index contributed by atoms with van der Waals surface area (Å²) in [6, 6.07) is -2.48. The lowest BCUT2D eigenvalue weighted by molar-refractivity contribution is -0.158. The van der Waals surface area contributed by atoms with Gasteiger partial charge in [-0.1, -0.05) is 53.4 Å². The number of rotatable bonds is 25. The molecule has 1 heterocycles. The topological polar surface area (TPSA) is 190 Å². The monoisotopic (exact) mass is 701 g/mol. The Balaban J connectivity index is 3.71. The van der Waals surface area contributed by atoms with E-state index in [1.54, 1.807) is 21.6 Å². The van der Waals surface area contributed by atoms with E-state index in [4.69, 9.17) is 18.9 Å². The Hall–Kier alpha value is -3.30. The van der Waals surface area contributed by atoms with Gasteiger partial charge in [0.05, 0.1) is 52.4 Å². The number of carboxylic acid groups (broad SMARTS) is 2. The van der Waals surface area contributed by atoms with Crippen LogP contribution in [0.25, 0.3) is 0 Å². The minimum atomic E-state index is -1.25. The average Bonchev–Trinajstić information content (AvgIpc) is 3.21. The second-order valence-corrected chi connectivity index (χ2v) is 12.7. The van der Waals surface area contributed by atoms with Crippen LogP contribution in [0.15, 0.2) is 0 Å². The van der Waals surface area contributed by atoms with E-state index in [9.17, 15) is 39.0 Å². The molecule has 1 rings (SSSR count). The van der Waals surface area contributed by atoms with Gasteiger partial charge in [0.1, 0.15) is 12.1 Å². The number of hydrogen-bond acceptors (Lipinski definition) is 13. The summed E-state index contributed by atoms with van der Waals surface area (Å²) < 4.78 is 21.8. The minimum Gasteiger partial charge on any atom is -0.481 e. The van der Waals surface area contributed by atoms with Crippen molar-refractivity contribution in [3.63, 3.8) is 0 Å². The van der Waals surface area contributed by atoms with Crippen molar-refractivity contribution in [1.82, 2.24) is 14.7 Å². The molecule has 1 aliphatic rings. The van der Waals surface area contributed by atoms with Gasteiger partial charge in [-0.3, -0.25) is 43.5 Å². The molecule has 0 aromatic rings. The Labute approximate surface area is 290 Å². The molecule has 1 aliphatic heterocycles. The van der Waals surface area contributed by atoms with Crippen molar-refractivity contribution < 1.29 is 57.9 Å². The van der Waals surface area contributed by atoms with Crippen molar-refractivity contribution in [2.45, 2.75) is 116 Å². The Morgan fingerprint density at radius 3 is 1.24 bits per heavy atom. The van der Waals surface area contributed by atoms with Gasteiger partial charge in [-0.05, 0) is 32.6 Å². The summed E-state index contributed by atoms with van der Waals surface area (Å²) in [6.45, 7) is 9.30. The van der Waals surface area contributed by atoms with Gasteiger partial charge in [-0.25, -0.2) is 0 Å². The maximum absolute atomic E-state index is 13.4. The van der Waals surface area contributed by atoms with Crippen molar-refractivity contribution in [2.24, 2.45) is 0 Å². The average molecular weight is 702 g/mol. The van der Waals surface area contributed by atoms with Crippen molar-refractivity contribution in [3.8, 4) is 0 Å². The Morgan fingerprint density at radius 1 is 0.612 bits per heavy atom. The summed E-state index contributed by atoms with van der Waals surface area (Å²) in [6.07, 6.45) is 4.37. The zero-order valence-electron chi connectivity index (χ0n) is 30.1. The van der Waals surface area contributed by atoms with Crippen molar-refractivity contribution in [1.29, 1.82) is 0 Å². The van der Waals surface area contributed by atoms with E-state index in [0.717, 1.165) is 25.7 Å². The molecular formula is C34H59N3O12. The summed E-state index contributed by atoms with van der Waals surface area (Å²) in [5.74, 6) is -5.17. The third-order valence-corrected chi connectivity index (χ3v) is 8.33. The molecule has 1 saturated heterocycles. The van der Waals surface area contributed by atoms with E-state index < -0.39 is 66.3 Å². The van der Waals surface area contributed by atoms with Gasteiger partial charge in [-0.15, -0.1) is 0 Å². The molecule has 0 aromatic carbocycles. The number of carbonyl (C=O) groups excluding carboxylic acids is 4. The molecule has 0 saturated carbocycles. The van der Waals surface area contributed by atoms with Gasteiger partial charge in [0, 0.05) is 31.7 Å². The van der Waals surface area contributed by atoms with Crippen LogP contribution < -0.4 is 0 Å². The Morgan fingerprint density at radius 2 is 0.939 bits per heavy atom. The number of carbonyl (C=O) groups is 6. The summed E-state index contributed by atoms with van der Waals surface area (Å²) in [7, 11) is 0. The van der Waals surface area contributed by atoms with Crippen molar-refractivity contribution in [3.05, 3.63) is 0 Å². The van der Waals surface area contributed by atoms with E-state index in [0.29, 0.717) is 25.7 Å². The van der Waals surface area contributed by atoms with Crippen LogP contribution in [0.2, 0.25) is 0 Å².